The van der Waals surface area contributed by atoms with Crippen molar-refractivity contribution in [1.82, 2.24) is 0 Å². The number of nitrogens with two attached hydrogens (primary N) is 1. The third kappa shape index (κ3) is 18.4. The predicted molar refractivity (Wildman–Crippen MR) is 73.3 cm³/mol. The topological polar surface area (TPSA) is 128 Å². The van der Waals surface area contributed by atoms with E-state index < -0.39 is 19.2 Å². The van der Waals surface area contributed by atoms with Crippen LogP contribution in [0, 0.1) is 0 Å². The van der Waals surface area contributed by atoms with Gasteiger partial charge < -0.3 is 19.0 Å². The first-order valence-electron chi connectivity index (χ1n) is 6.06. The van der Waals surface area contributed by atoms with E-state index in [1.807, 2.05) is 20.8 Å². The molecule has 4 N–H and O–H groups in total. The molecule has 0 aromatic carbocycles. The Hall–Kier alpha value is 0.446. The summed E-state index contributed by atoms with van der Waals surface area (Å²) >= 11 is 0. The summed E-state index contributed by atoms with van der Waals surface area (Å²) in [7, 11) is -7.06. The van der Waals surface area contributed by atoms with Crippen molar-refractivity contribution in [2.75, 3.05) is 26.4 Å². The second-order valence-corrected chi connectivity index (χ2v) is 6.95. The maximum atomic E-state index is 8.74. The van der Waals surface area contributed by atoms with Crippen LogP contribution in [0.4, 0.5) is 0 Å². The SMILES string of the molecule is CCO[Si](CCCN)(OCC)OCC.O=S(=O)(O)O.[Mn]. The van der Waals surface area contributed by atoms with Gasteiger partial charge in [0, 0.05) is 42.9 Å². The monoisotopic (exact) mass is 374 g/mol. The van der Waals surface area contributed by atoms with E-state index in [9.17, 15) is 0 Å². The smallest absolute Gasteiger partial charge is 0.374 e. The molecule has 1 radical (unpaired) electrons. The van der Waals surface area contributed by atoms with E-state index in [0.29, 0.717) is 26.4 Å². The van der Waals surface area contributed by atoms with Crippen molar-refractivity contribution in [3.63, 3.8) is 0 Å². The van der Waals surface area contributed by atoms with Crippen LogP contribution in [0.3, 0.4) is 0 Å². The van der Waals surface area contributed by atoms with Crippen molar-refractivity contribution < 1.29 is 47.9 Å². The average Bonchev–Trinajstić information content (AvgIpc) is 2.25. The zero-order chi connectivity index (χ0) is 15.4. The molecule has 0 heterocycles. The van der Waals surface area contributed by atoms with Crippen molar-refractivity contribution in [2.24, 2.45) is 5.73 Å². The minimum absolute atomic E-state index is 0. The largest absolute Gasteiger partial charge is 0.500 e. The van der Waals surface area contributed by atoms with E-state index in [1.165, 1.54) is 0 Å². The van der Waals surface area contributed by atoms with E-state index in [0.717, 1.165) is 12.5 Å². The van der Waals surface area contributed by atoms with Crippen molar-refractivity contribution in [3.8, 4) is 0 Å². The second kappa shape index (κ2) is 14.4. The Bertz CT molecular complexity index is 280. The van der Waals surface area contributed by atoms with Crippen molar-refractivity contribution >= 4 is 19.2 Å². The molecule has 0 saturated heterocycles. The van der Waals surface area contributed by atoms with Gasteiger partial charge in [-0.3, -0.25) is 9.11 Å². The van der Waals surface area contributed by atoms with Crippen LogP contribution in [0.1, 0.15) is 27.2 Å². The summed E-state index contributed by atoms with van der Waals surface area (Å²) in [6.45, 7) is 8.44. The molecule has 0 aliphatic carbocycles. The maximum absolute atomic E-state index is 8.74. The summed E-state index contributed by atoms with van der Waals surface area (Å²) in [5, 5.41) is 0. The molecule has 0 aliphatic rings. The summed E-state index contributed by atoms with van der Waals surface area (Å²) in [5.41, 5.74) is 5.48. The molecule has 0 amide bonds. The standard InChI is InChI=1S/C9H23NO3Si.Mn.H2O4S/c1-4-11-14(12-5-2,13-6-3)9-7-8-10;;1-5(2,3)4/h4-10H2,1-3H3;;(H2,1,2,3,4). The van der Waals surface area contributed by atoms with Crippen LogP contribution in [0.15, 0.2) is 0 Å². The first-order chi connectivity index (χ1) is 8.74. The molecule has 0 rings (SSSR count). The van der Waals surface area contributed by atoms with Gasteiger partial charge >= 0.3 is 19.2 Å². The minimum atomic E-state index is -4.67. The Morgan fingerprint density at radius 3 is 1.50 bits per heavy atom. The molecule has 0 unspecified atom stereocenters. The Morgan fingerprint density at radius 2 is 1.30 bits per heavy atom. The fraction of sp³-hybridized carbons (Fsp3) is 1.00. The summed E-state index contributed by atoms with van der Waals surface area (Å²) < 4.78 is 48.5. The van der Waals surface area contributed by atoms with Gasteiger partial charge in [-0.1, -0.05) is 0 Å². The fourth-order valence-corrected chi connectivity index (χ4v) is 3.96. The molecule has 0 aromatic rings. The van der Waals surface area contributed by atoms with Gasteiger partial charge in [0.15, 0.2) is 0 Å². The van der Waals surface area contributed by atoms with E-state index in [1.54, 1.807) is 0 Å². The van der Waals surface area contributed by atoms with Crippen molar-refractivity contribution in [3.05, 3.63) is 0 Å². The predicted octanol–water partition coefficient (Wildman–Crippen LogP) is 0.728. The van der Waals surface area contributed by atoms with Gasteiger partial charge in [0.2, 0.25) is 0 Å². The first kappa shape index (κ1) is 25.4. The van der Waals surface area contributed by atoms with Gasteiger partial charge in [-0.2, -0.15) is 8.42 Å². The molecule has 0 aromatic heterocycles. The quantitative estimate of drug-likeness (QED) is 0.398. The zero-order valence-corrected chi connectivity index (χ0v) is 15.0. The van der Waals surface area contributed by atoms with E-state index in [2.05, 4.69) is 0 Å². The van der Waals surface area contributed by atoms with Crippen molar-refractivity contribution in [2.45, 2.75) is 33.2 Å². The normalized spacial score (nSPS) is 11.3. The summed E-state index contributed by atoms with van der Waals surface area (Å²) in [6.07, 6.45) is 0.895. The van der Waals surface area contributed by atoms with Crippen LogP contribution in [-0.2, 0) is 40.7 Å². The summed E-state index contributed by atoms with van der Waals surface area (Å²) in [6, 6.07) is 0.818. The fourth-order valence-electron chi connectivity index (χ4n) is 1.32. The van der Waals surface area contributed by atoms with Crippen LogP contribution >= 0.6 is 0 Å². The van der Waals surface area contributed by atoms with E-state index in [-0.39, 0.29) is 17.1 Å². The van der Waals surface area contributed by atoms with Gasteiger partial charge in [0.25, 0.3) is 0 Å². The zero-order valence-electron chi connectivity index (χ0n) is 12.0. The Balaban J connectivity index is -0.000000414. The molecule has 20 heavy (non-hydrogen) atoms. The average molecular weight is 374 g/mol. The minimum Gasteiger partial charge on any atom is -0.374 e. The molecule has 0 saturated carbocycles. The molecule has 8 nitrogen and oxygen atoms in total. The summed E-state index contributed by atoms with van der Waals surface area (Å²) in [4.78, 5) is 0. The van der Waals surface area contributed by atoms with Crippen LogP contribution in [0.5, 0.6) is 0 Å². The van der Waals surface area contributed by atoms with Crippen LogP contribution < -0.4 is 5.73 Å². The Labute approximate surface area is 132 Å². The summed E-state index contributed by atoms with van der Waals surface area (Å²) in [5.74, 6) is 0. The molecule has 0 fully saturated rings. The molecule has 0 aliphatic heterocycles. The number of rotatable bonds is 9. The molecule has 0 spiro atoms. The Kier molecular flexibility index (Phi) is 18.3. The van der Waals surface area contributed by atoms with Gasteiger partial charge in [0.1, 0.15) is 0 Å². The molecule has 0 bridgehead atoms. The molecular formula is C9H25MnNO7SSi. The molecule has 125 valence electrons. The van der Waals surface area contributed by atoms with E-state index >= 15 is 0 Å². The van der Waals surface area contributed by atoms with Gasteiger partial charge in [0.05, 0.1) is 0 Å². The third-order valence-corrected chi connectivity index (χ3v) is 4.93. The molecule has 0 atom stereocenters. The second-order valence-electron chi connectivity index (χ2n) is 3.32. The first-order valence-corrected chi connectivity index (χ1v) is 9.39. The van der Waals surface area contributed by atoms with Crippen LogP contribution in [0.25, 0.3) is 0 Å². The van der Waals surface area contributed by atoms with Gasteiger partial charge in [-0.05, 0) is 33.7 Å². The van der Waals surface area contributed by atoms with Crippen LogP contribution in [-0.4, -0.2) is 52.7 Å². The number of hydrogen-bond donors (Lipinski definition) is 3. The number of hydrogen-bond acceptors (Lipinski definition) is 6. The molecular weight excluding hydrogens is 349 g/mol. The Morgan fingerprint density at radius 1 is 1.00 bits per heavy atom. The third-order valence-electron chi connectivity index (χ3n) is 1.78. The molecule has 11 heteroatoms. The van der Waals surface area contributed by atoms with E-state index in [4.69, 9.17) is 36.5 Å². The van der Waals surface area contributed by atoms with Crippen LogP contribution in [0.2, 0.25) is 6.04 Å². The van der Waals surface area contributed by atoms with Gasteiger partial charge in [-0.15, -0.1) is 0 Å². The van der Waals surface area contributed by atoms with Gasteiger partial charge in [-0.25, -0.2) is 0 Å². The maximum Gasteiger partial charge on any atom is 0.500 e. The van der Waals surface area contributed by atoms with Crippen molar-refractivity contribution in [1.29, 1.82) is 0 Å².